The number of imidazole rings is 1. The zero-order valence-corrected chi connectivity index (χ0v) is 11.5. The zero-order chi connectivity index (χ0) is 14.0. The Morgan fingerprint density at radius 3 is 2.84 bits per heavy atom. The van der Waals surface area contributed by atoms with Crippen LogP contribution in [0.25, 0.3) is 0 Å². The predicted molar refractivity (Wildman–Crippen MR) is 75.0 cm³/mol. The van der Waals surface area contributed by atoms with Gasteiger partial charge in [-0.2, -0.15) is 0 Å². The predicted octanol–water partition coefficient (Wildman–Crippen LogP) is 2.15. The van der Waals surface area contributed by atoms with Crippen LogP contribution in [0.1, 0.15) is 29.1 Å². The van der Waals surface area contributed by atoms with Crippen molar-refractivity contribution >= 4 is 23.2 Å². The average Bonchev–Trinajstić information content (AvgIpc) is 2.79. The van der Waals surface area contributed by atoms with Crippen molar-refractivity contribution in [1.82, 2.24) is 14.9 Å². The van der Waals surface area contributed by atoms with Crippen LogP contribution >= 0.6 is 11.6 Å². The summed E-state index contributed by atoms with van der Waals surface area (Å²) < 4.78 is 1.86. The summed E-state index contributed by atoms with van der Waals surface area (Å²) in [5, 5.41) is 3.30. The molecule has 0 aliphatic rings. The maximum Gasteiger partial charge on any atom is 0.251 e. The highest BCUT2D eigenvalue weighted by Gasteiger charge is 2.15. The number of hydrogen-bond acceptors (Lipinski definition) is 3. The van der Waals surface area contributed by atoms with Crippen LogP contribution in [0.2, 0.25) is 5.02 Å². The van der Waals surface area contributed by atoms with Crippen LogP contribution in [-0.2, 0) is 7.05 Å². The molecule has 0 spiro atoms. The lowest BCUT2D eigenvalue weighted by Crippen LogP contribution is -2.28. The smallest absolute Gasteiger partial charge is 0.251 e. The van der Waals surface area contributed by atoms with E-state index < -0.39 is 0 Å². The second kappa shape index (κ2) is 5.32. The average molecular weight is 279 g/mol. The number of hydrogen-bond donors (Lipinski definition) is 2. The summed E-state index contributed by atoms with van der Waals surface area (Å²) in [6, 6.07) is 4.61. The number of aryl methyl sites for hydroxylation is 1. The number of halogens is 1. The van der Waals surface area contributed by atoms with Crippen LogP contribution in [0.3, 0.4) is 0 Å². The number of carbonyl (C=O) groups excluding carboxylic acids is 1. The summed E-state index contributed by atoms with van der Waals surface area (Å²) in [4.78, 5) is 16.3. The van der Waals surface area contributed by atoms with Gasteiger partial charge in [-0.25, -0.2) is 4.98 Å². The first kappa shape index (κ1) is 13.4. The summed E-state index contributed by atoms with van der Waals surface area (Å²) in [6.07, 6.45) is 3.52. The fourth-order valence-corrected chi connectivity index (χ4v) is 1.94. The molecule has 5 nitrogen and oxygen atoms in total. The Balaban J connectivity index is 2.13. The van der Waals surface area contributed by atoms with Gasteiger partial charge in [0.25, 0.3) is 5.91 Å². The minimum absolute atomic E-state index is 0.190. The topological polar surface area (TPSA) is 72.9 Å². The normalized spacial score (nSPS) is 12.2. The van der Waals surface area contributed by atoms with Gasteiger partial charge < -0.3 is 15.6 Å². The Labute approximate surface area is 116 Å². The third kappa shape index (κ3) is 2.88. The van der Waals surface area contributed by atoms with E-state index in [-0.39, 0.29) is 11.9 Å². The van der Waals surface area contributed by atoms with Gasteiger partial charge in [-0.3, -0.25) is 4.79 Å². The second-order valence-electron chi connectivity index (χ2n) is 4.33. The monoisotopic (exact) mass is 278 g/mol. The first-order chi connectivity index (χ1) is 8.99. The Bertz CT molecular complexity index is 608. The Morgan fingerprint density at radius 1 is 1.53 bits per heavy atom. The summed E-state index contributed by atoms with van der Waals surface area (Å²) in [7, 11) is 1.88. The lowest BCUT2D eigenvalue weighted by atomic mass is 10.1. The van der Waals surface area contributed by atoms with Crippen molar-refractivity contribution in [2.24, 2.45) is 7.05 Å². The molecule has 100 valence electrons. The maximum atomic E-state index is 12.1. The third-order valence-electron chi connectivity index (χ3n) is 2.85. The van der Waals surface area contributed by atoms with E-state index in [1.165, 1.54) is 0 Å². The van der Waals surface area contributed by atoms with Gasteiger partial charge in [-0.05, 0) is 25.1 Å². The van der Waals surface area contributed by atoms with E-state index in [0.29, 0.717) is 16.3 Å². The van der Waals surface area contributed by atoms with Gasteiger partial charge in [0.1, 0.15) is 5.82 Å². The minimum atomic E-state index is -0.209. The lowest BCUT2D eigenvalue weighted by molar-refractivity contribution is 0.0938. The molecule has 1 heterocycles. The molecule has 0 bridgehead atoms. The van der Waals surface area contributed by atoms with Crippen LogP contribution in [0, 0.1) is 0 Å². The van der Waals surface area contributed by atoms with E-state index in [0.717, 1.165) is 5.82 Å². The highest BCUT2D eigenvalue weighted by molar-refractivity contribution is 6.33. The summed E-state index contributed by atoms with van der Waals surface area (Å²) in [5.74, 6) is 0.578. The molecule has 0 aliphatic carbocycles. The second-order valence-corrected chi connectivity index (χ2v) is 4.73. The SMILES string of the molecule is CC(NC(=O)c1ccc(Cl)c(N)c1)c1nccn1C. The summed E-state index contributed by atoms with van der Waals surface area (Å²) in [6.45, 7) is 1.87. The molecular formula is C13H15ClN4O. The fraction of sp³-hybridized carbons (Fsp3) is 0.231. The zero-order valence-electron chi connectivity index (χ0n) is 10.7. The molecule has 2 aromatic rings. The molecule has 0 aliphatic heterocycles. The van der Waals surface area contributed by atoms with Crippen molar-refractivity contribution in [3.8, 4) is 0 Å². The van der Waals surface area contributed by atoms with Gasteiger partial charge in [-0.15, -0.1) is 0 Å². The van der Waals surface area contributed by atoms with Gasteiger partial charge in [0.15, 0.2) is 0 Å². The first-order valence-electron chi connectivity index (χ1n) is 5.82. The van der Waals surface area contributed by atoms with Crippen molar-refractivity contribution in [3.05, 3.63) is 47.0 Å². The molecule has 2 rings (SSSR count). The molecule has 0 fully saturated rings. The van der Waals surface area contributed by atoms with Crippen LogP contribution in [-0.4, -0.2) is 15.5 Å². The van der Waals surface area contributed by atoms with Gasteiger partial charge in [0.2, 0.25) is 0 Å². The van der Waals surface area contributed by atoms with Gasteiger partial charge >= 0.3 is 0 Å². The summed E-state index contributed by atoms with van der Waals surface area (Å²) in [5.41, 5.74) is 6.54. The van der Waals surface area contributed by atoms with E-state index in [1.54, 1.807) is 24.4 Å². The van der Waals surface area contributed by atoms with Gasteiger partial charge in [0.05, 0.1) is 16.8 Å². The number of amides is 1. The molecule has 1 atom stereocenters. The number of anilines is 1. The van der Waals surface area contributed by atoms with E-state index in [1.807, 2.05) is 24.7 Å². The third-order valence-corrected chi connectivity index (χ3v) is 3.20. The molecule has 0 radical (unpaired) electrons. The molecule has 0 saturated heterocycles. The molecular weight excluding hydrogens is 264 g/mol. The van der Waals surface area contributed by atoms with Gasteiger partial charge in [-0.1, -0.05) is 11.6 Å². The highest BCUT2D eigenvalue weighted by atomic mass is 35.5. The van der Waals surface area contributed by atoms with E-state index in [4.69, 9.17) is 17.3 Å². The number of nitrogens with two attached hydrogens (primary N) is 1. The van der Waals surface area contributed by atoms with Crippen LogP contribution in [0.4, 0.5) is 5.69 Å². The number of rotatable bonds is 3. The van der Waals surface area contributed by atoms with Crippen LogP contribution in [0.15, 0.2) is 30.6 Å². The Hall–Kier alpha value is -2.01. The number of benzene rings is 1. The van der Waals surface area contributed by atoms with Crippen molar-refractivity contribution in [2.45, 2.75) is 13.0 Å². The number of nitrogens with zero attached hydrogens (tertiary/aromatic N) is 2. The molecule has 1 aromatic heterocycles. The number of aromatic nitrogens is 2. The molecule has 0 saturated carbocycles. The van der Waals surface area contributed by atoms with E-state index >= 15 is 0 Å². The van der Waals surface area contributed by atoms with Gasteiger partial charge in [0, 0.05) is 25.0 Å². The fourth-order valence-electron chi connectivity index (χ4n) is 1.82. The Kier molecular flexibility index (Phi) is 3.76. The number of nitrogens with one attached hydrogen (secondary N) is 1. The van der Waals surface area contributed by atoms with Crippen molar-refractivity contribution < 1.29 is 4.79 Å². The molecule has 1 unspecified atom stereocenters. The quantitative estimate of drug-likeness (QED) is 0.845. The molecule has 6 heteroatoms. The van der Waals surface area contributed by atoms with Crippen LogP contribution in [0.5, 0.6) is 0 Å². The summed E-state index contributed by atoms with van der Waals surface area (Å²) >= 11 is 5.82. The standard InChI is InChI=1S/C13H15ClN4O/c1-8(12-16-5-6-18(12)2)17-13(19)9-3-4-10(14)11(15)7-9/h3-8H,15H2,1-2H3,(H,17,19). The van der Waals surface area contributed by atoms with E-state index in [9.17, 15) is 4.79 Å². The Morgan fingerprint density at radius 2 is 2.26 bits per heavy atom. The van der Waals surface area contributed by atoms with Crippen molar-refractivity contribution in [2.75, 3.05) is 5.73 Å². The van der Waals surface area contributed by atoms with Crippen molar-refractivity contribution in [1.29, 1.82) is 0 Å². The molecule has 3 N–H and O–H groups in total. The van der Waals surface area contributed by atoms with Crippen molar-refractivity contribution in [3.63, 3.8) is 0 Å². The highest BCUT2D eigenvalue weighted by Crippen LogP contribution is 2.20. The minimum Gasteiger partial charge on any atom is -0.398 e. The molecule has 1 amide bonds. The molecule has 1 aromatic carbocycles. The first-order valence-corrected chi connectivity index (χ1v) is 6.20. The number of carbonyl (C=O) groups is 1. The lowest BCUT2D eigenvalue weighted by Gasteiger charge is -2.14. The molecule has 19 heavy (non-hydrogen) atoms. The maximum absolute atomic E-state index is 12.1. The van der Waals surface area contributed by atoms with Crippen LogP contribution < -0.4 is 11.1 Å². The van der Waals surface area contributed by atoms with E-state index in [2.05, 4.69) is 10.3 Å². The largest absolute Gasteiger partial charge is 0.398 e. The number of nitrogen functional groups attached to an aromatic ring is 1.